The molecular formula is C14H16Cl4O3. The van der Waals surface area contributed by atoms with Crippen molar-refractivity contribution in [3.8, 4) is 0 Å². The van der Waals surface area contributed by atoms with Gasteiger partial charge in [-0.2, -0.15) is 0 Å². The minimum Gasteiger partial charge on any atom is -0.460 e. The van der Waals surface area contributed by atoms with Gasteiger partial charge >= 0.3 is 5.97 Å². The molecule has 21 heavy (non-hydrogen) atoms. The summed E-state index contributed by atoms with van der Waals surface area (Å²) in [5.41, 5.74) is 2.03. The summed E-state index contributed by atoms with van der Waals surface area (Å²) in [6.07, 6.45) is 1.87. The first-order valence-electron chi connectivity index (χ1n) is 6.38. The Labute approximate surface area is 144 Å². The molecule has 1 aromatic rings. The Morgan fingerprint density at radius 2 is 1.76 bits per heavy atom. The first kappa shape index (κ1) is 18.9. The number of aliphatic hydroxyl groups is 1. The molecular weight excluding hydrogens is 358 g/mol. The molecule has 1 N–H and O–H groups in total. The van der Waals surface area contributed by atoms with Crippen molar-refractivity contribution >= 4 is 52.4 Å². The van der Waals surface area contributed by atoms with Crippen LogP contribution in [0.5, 0.6) is 0 Å². The third-order valence-corrected chi connectivity index (χ3v) is 3.36. The van der Waals surface area contributed by atoms with Crippen molar-refractivity contribution in [3.63, 3.8) is 0 Å². The third-order valence-electron chi connectivity index (χ3n) is 2.70. The summed E-state index contributed by atoms with van der Waals surface area (Å²) >= 11 is 22.5. The van der Waals surface area contributed by atoms with Gasteiger partial charge in [-0.3, -0.25) is 4.79 Å². The summed E-state index contributed by atoms with van der Waals surface area (Å²) in [6.45, 7) is -0.166. The molecule has 0 heterocycles. The maximum atomic E-state index is 11.6. The molecule has 0 amide bonds. The first-order valence-corrected chi connectivity index (χ1v) is 7.95. The maximum absolute atomic E-state index is 11.6. The smallest absolute Gasteiger partial charge is 0.324 e. The van der Waals surface area contributed by atoms with Gasteiger partial charge in [0.25, 0.3) is 0 Å². The predicted molar refractivity (Wildman–Crippen MR) is 86.4 cm³/mol. The number of ether oxygens (including phenoxy) is 1. The van der Waals surface area contributed by atoms with E-state index in [1.807, 2.05) is 24.3 Å². The predicted octanol–water partition coefficient (Wildman–Crippen LogP) is 3.67. The van der Waals surface area contributed by atoms with Gasteiger partial charge in [0.15, 0.2) is 0 Å². The molecule has 1 atom stereocenters. The third kappa shape index (κ3) is 8.12. The summed E-state index contributed by atoms with van der Waals surface area (Å²) in [7, 11) is 0. The van der Waals surface area contributed by atoms with Crippen LogP contribution in [0.3, 0.4) is 0 Å². The van der Waals surface area contributed by atoms with Crippen LogP contribution in [0.25, 0.3) is 0 Å². The zero-order valence-corrected chi connectivity index (χ0v) is 14.2. The van der Waals surface area contributed by atoms with E-state index in [1.54, 1.807) is 0 Å². The zero-order valence-electron chi connectivity index (χ0n) is 11.2. The molecule has 1 unspecified atom stereocenters. The number of hydrogen-bond donors (Lipinski definition) is 1. The Morgan fingerprint density at radius 3 is 2.29 bits per heavy atom. The van der Waals surface area contributed by atoms with E-state index in [2.05, 4.69) is 0 Å². The molecule has 0 aliphatic heterocycles. The lowest BCUT2D eigenvalue weighted by Crippen LogP contribution is -2.25. The summed E-state index contributed by atoms with van der Waals surface area (Å²) in [6, 6.07) is 7.68. The van der Waals surface area contributed by atoms with Crippen LogP contribution < -0.4 is 0 Å². The van der Waals surface area contributed by atoms with Gasteiger partial charge in [-0.25, -0.2) is 0 Å². The maximum Gasteiger partial charge on any atom is 0.324 e. The molecule has 0 aromatic heterocycles. The zero-order chi connectivity index (χ0) is 15.9. The van der Waals surface area contributed by atoms with Crippen LogP contribution in [0.15, 0.2) is 24.3 Å². The molecule has 0 aliphatic rings. The van der Waals surface area contributed by atoms with E-state index >= 15 is 0 Å². The molecule has 0 radical (unpaired) electrons. The summed E-state index contributed by atoms with van der Waals surface area (Å²) in [5.74, 6) is -0.618. The second kappa shape index (κ2) is 9.06. The van der Waals surface area contributed by atoms with Crippen LogP contribution in [0.4, 0.5) is 0 Å². The molecule has 0 aliphatic carbocycles. The first-order chi connectivity index (χ1) is 9.81. The lowest BCUT2D eigenvalue weighted by atomic mass is 10.0. The van der Waals surface area contributed by atoms with Crippen LogP contribution in [-0.2, 0) is 22.4 Å². The fraction of sp³-hybridized carbons (Fsp3) is 0.500. The summed E-state index contributed by atoms with van der Waals surface area (Å²) < 4.78 is 3.18. The number of esters is 1. The molecule has 3 nitrogen and oxygen atoms in total. The van der Waals surface area contributed by atoms with Gasteiger partial charge in [0.1, 0.15) is 12.0 Å². The Morgan fingerprint density at radius 1 is 1.19 bits per heavy atom. The van der Waals surface area contributed by atoms with E-state index in [1.165, 1.54) is 0 Å². The Hall–Kier alpha value is -0.190. The molecule has 118 valence electrons. The monoisotopic (exact) mass is 372 g/mol. The summed E-state index contributed by atoms with van der Waals surface area (Å²) in [5, 5.41) is 7.94. The topological polar surface area (TPSA) is 46.5 Å². The highest BCUT2D eigenvalue weighted by Gasteiger charge is 2.25. The fourth-order valence-corrected chi connectivity index (χ4v) is 2.06. The molecule has 0 bridgehead atoms. The number of carbonyl (C=O) groups is 1. The Balaban J connectivity index is 2.46. The van der Waals surface area contributed by atoms with Crippen molar-refractivity contribution in [2.75, 3.05) is 13.2 Å². The number of carbonyl (C=O) groups excluding carboxylic acids is 1. The second-order valence-electron chi connectivity index (χ2n) is 4.54. The van der Waals surface area contributed by atoms with Gasteiger partial charge in [0, 0.05) is 6.61 Å². The molecule has 0 fully saturated rings. The van der Waals surface area contributed by atoms with Gasteiger partial charge in [-0.05, 0) is 30.4 Å². The van der Waals surface area contributed by atoms with Crippen molar-refractivity contribution in [1.29, 1.82) is 0 Å². The number of halogens is 4. The minimum absolute atomic E-state index is 0.167. The summed E-state index contributed by atoms with van der Waals surface area (Å²) in [4.78, 5) is 11.6. The lowest BCUT2D eigenvalue weighted by Gasteiger charge is -2.14. The molecule has 0 saturated heterocycles. The SMILES string of the molecule is O=C(OCC(Cl)(Cl)Cl)C(Cl)Cc1ccc(CCCO)cc1. The van der Waals surface area contributed by atoms with E-state index in [4.69, 9.17) is 56.2 Å². The number of benzene rings is 1. The Kier molecular flexibility index (Phi) is 8.14. The van der Waals surface area contributed by atoms with Crippen molar-refractivity contribution in [2.24, 2.45) is 0 Å². The van der Waals surface area contributed by atoms with Gasteiger partial charge in [-0.1, -0.05) is 59.1 Å². The average Bonchev–Trinajstić information content (AvgIpc) is 2.43. The highest BCUT2D eigenvalue weighted by atomic mass is 35.6. The number of alkyl halides is 4. The fourth-order valence-electron chi connectivity index (χ4n) is 1.66. The quantitative estimate of drug-likeness (QED) is 0.585. The van der Waals surface area contributed by atoms with Gasteiger partial charge in [0.2, 0.25) is 3.79 Å². The number of rotatable bonds is 7. The van der Waals surface area contributed by atoms with E-state index in [-0.39, 0.29) is 13.2 Å². The molecule has 1 rings (SSSR count). The molecule has 0 spiro atoms. The lowest BCUT2D eigenvalue weighted by molar-refractivity contribution is -0.143. The van der Waals surface area contributed by atoms with Crippen molar-refractivity contribution in [1.82, 2.24) is 0 Å². The van der Waals surface area contributed by atoms with E-state index in [0.717, 1.165) is 24.0 Å². The van der Waals surface area contributed by atoms with Crippen LogP contribution in [0, 0.1) is 0 Å². The van der Waals surface area contributed by atoms with Crippen LogP contribution in [-0.4, -0.2) is 33.5 Å². The highest BCUT2D eigenvalue weighted by molar-refractivity contribution is 6.67. The van der Waals surface area contributed by atoms with Crippen LogP contribution in [0.1, 0.15) is 17.5 Å². The van der Waals surface area contributed by atoms with Crippen LogP contribution in [0.2, 0.25) is 0 Å². The molecule has 1 aromatic carbocycles. The van der Waals surface area contributed by atoms with Gasteiger partial charge in [-0.15, -0.1) is 11.6 Å². The number of aryl methyl sites for hydroxylation is 1. The van der Waals surface area contributed by atoms with E-state index in [0.29, 0.717) is 6.42 Å². The average molecular weight is 374 g/mol. The van der Waals surface area contributed by atoms with Crippen molar-refractivity contribution in [2.45, 2.75) is 28.4 Å². The highest BCUT2D eigenvalue weighted by Crippen LogP contribution is 2.26. The standard InChI is InChI=1S/C14H16Cl4O3/c15-12(13(20)21-9-14(16,17)18)8-11-5-3-10(4-6-11)2-1-7-19/h3-6,12,19H,1-2,7-9H2. The van der Waals surface area contributed by atoms with Crippen LogP contribution >= 0.6 is 46.4 Å². The second-order valence-corrected chi connectivity index (χ2v) is 7.58. The van der Waals surface area contributed by atoms with Crippen molar-refractivity contribution in [3.05, 3.63) is 35.4 Å². The largest absolute Gasteiger partial charge is 0.460 e. The molecule has 0 saturated carbocycles. The molecule has 7 heteroatoms. The van der Waals surface area contributed by atoms with Crippen molar-refractivity contribution < 1.29 is 14.6 Å². The number of aliphatic hydroxyl groups excluding tert-OH is 1. The van der Waals surface area contributed by atoms with E-state index < -0.39 is 15.1 Å². The van der Waals surface area contributed by atoms with Gasteiger partial charge in [0.05, 0.1) is 0 Å². The minimum atomic E-state index is -1.64. The Bertz CT molecular complexity index is 443. The van der Waals surface area contributed by atoms with E-state index in [9.17, 15) is 4.79 Å². The number of hydrogen-bond acceptors (Lipinski definition) is 3. The van der Waals surface area contributed by atoms with Gasteiger partial charge < -0.3 is 9.84 Å². The normalized spacial score (nSPS) is 13.0.